The number of alkyl halides is 3. The van der Waals surface area contributed by atoms with Crippen molar-refractivity contribution < 1.29 is 18.0 Å². The van der Waals surface area contributed by atoms with Crippen LogP contribution in [0.2, 0.25) is 0 Å². The summed E-state index contributed by atoms with van der Waals surface area (Å²) in [5, 5.41) is 6.59. The number of fused-ring (bicyclic) bond motifs is 2. The number of nitrogens with one attached hydrogen (secondary N) is 2. The molecule has 0 aliphatic carbocycles. The lowest BCUT2D eigenvalue weighted by Crippen LogP contribution is -2.36. The third-order valence-electron chi connectivity index (χ3n) is 4.31. The SMILES string of the molecule is O=C(c1cccc2[nH]ccc12)N1CCc2[nH]nc(C(F)(F)F)c2C1. The zero-order valence-electron chi connectivity index (χ0n) is 12.4. The zero-order chi connectivity index (χ0) is 16.9. The topological polar surface area (TPSA) is 64.8 Å². The lowest BCUT2D eigenvalue weighted by molar-refractivity contribution is -0.142. The predicted molar refractivity (Wildman–Crippen MR) is 80.3 cm³/mol. The third kappa shape index (κ3) is 2.26. The van der Waals surface area contributed by atoms with Crippen LogP contribution in [0.1, 0.15) is 27.3 Å². The van der Waals surface area contributed by atoms with E-state index in [1.165, 1.54) is 4.90 Å². The Morgan fingerprint density at radius 3 is 2.88 bits per heavy atom. The smallest absolute Gasteiger partial charge is 0.361 e. The number of benzene rings is 1. The van der Waals surface area contributed by atoms with Gasteiger partial charge in [-0.2, -0.15) is 18.3 Å². The Bertz CT molecular complexity index is 925. The van der Waals surface area contributed by atoms with Crippen LogP contribution in [0.3, 0.4) is 0 Å². The third-order valence-corrected chi connectivity index (χ3v) is 4.31. The van der Waals surface area contributed by atoms with Crippen LogP contribution >= 0.6 is 0 Å². The minimum Gasteiger partial charge on any atom is -0.361 e. The van der Waals surface area contributed by atoms with Gasteiger partial charge in [0.2, 0.25) is 0 Å². The summed E-state index contributed by atoms with van der Waals surface area (Å²) in [7, 11) is 0. The average molecular weight is 334 g/mol. The van der Waals surface area contributed by atoms with Crippen molar-refractivity contribution in [1.29, 1.82) is 0 Å². The van der Waals surface area contributed by atoms with E-state index >= 15 is 0 Å². The van der Waals surface area contributed by atoms with Crippen molar-refractivity contribution in [2.24, 2.45) is 0 Å². The van der Waals surface area contributed by atoms with Gasteiger partial charge in [0.25, 0.3) is 5.91 Å². The van der Waals surface area contributed by atoms with E-state index in [0.717, 1.165) is 10.9 Å². The molecular formula is C16H13F3N4O. The highest BCUT2D eigenvalue weighted by Gasteiger charge is 2.40. The second-order valence-electron chi connectivity index (χ2n) is 5.75. The summed E-state index contributed by atoms with van der Waals surface area (Å²) in [5.74, 6) is -0.278. The summed E-state index contributed by atoms with van der Waals surface area (Å²) < 4.78 is 39.1. The van der Waals surface area contributed by atoms with Gasteiger partial charge in [0.15, 0.2) is 5.69 Å². The molecule has 1 aromatic carbocycles. The first-order valence-corrected chi connectivity index (χ1v) is 7.44. The molecule has 0 fully saturated rings. The van der Waals surface area contributed by atoms with Gasteiger partial charge in [0, 0.05) is 53.4 Å². The Balaban J connectivity index is 1.68. The van der Waals surface area contributed by atoms with Crippen molar-refractivity contribution in [2.75, 3.05) is 6.54 Å². The summed E-state index contributed by atoms with van der Waals surface area (Å²) in [6, 6.07) is 7.07. The molecule has 24 heavy (non-hydrogen) atoms. The molecule has 3 aromatic rings. The maximum atomic E-state index is 13.0. The number of aromatic nitrogens is 3. The van der Waals surface area contributed by atoms with Gasteiger partial charge in [-0.15, -0.1) is 0 Å². The minimum atomic E-state index is -4.53. The van der Waals surface area contributed by atoms with Gasteiger partial charge in [-0.3, -0.25) is 9.89 Å². The largest absolute Gasteiger partial charge is 0.435 e. The van der Waals surface area contributed by atoms with Gasteiger partial charge in [-0.1, -0.05) is 6.07 Å². The number of carbonyl (C=O) groups excluding carboxylic acids is 1. The van der Waals surface area contributed by atoms with Crippen LogP contribution in [0.5, 0.6) is 0 Å². The van der Waals surface area contributed by atoms with E-state index in [1.54, 1.807) is 24.4 Å². The van der Waals surface area contributed by atoms with Crippen LogP contribution in [-0.4, -0.2) is 32.5 Å². The minimum absolute atomic E-state index is 0.0587. The Kier molecular flexibility index (Phi) is 3.16. The van der Waals surface area contributed by atoms with Crippen LogP contribution in [-0.2, 0) is 19.1 Å². The molecule has 124 valence electrons. The molecule has 0 saturated heterocycles. The lowest BCUT2D eigenvalue weighted by atomic mass is 10.0. The summed E-state index contributed by atoms with van der Waals surface area (Å²) in [6.45, 7) is 0.256. The fraction of sp³-hybridized carbons (Fsp3) is 0.250. The maximum absolute atomic E-state index is 13.0. The molecule has 3 heterocycles. The number of H-pyrrole nitrogens is 2. The van der Waals surface area contributed by atoms with E-state index < -0.39 is 11.9 Å². The Morgan fingerprint density at radius 1 is 1.25 bits per heavy atom. The van der Waals surface area contributed by atoms with Crippen molar-refractivity contribution >= 4 is 16.8 Å². The molecule has 5 nitrogen and oxygen atoms in total. The van der Waals surface area contributed by atoms with Crippen molar-refractivity contribution in [3.05, 3.63) is 53.0 Å². The van der Waals surface area contributed by atoms with Gasteiger partial charge in [-0.05, 0) is 18.2 Å². The molecule has 2 aromatic heterocycles. The molecule has 0 atom stereocenters. The Hall–Kier alpha value is -2.77. The van der Waals surface area contributed by atoms with Crippen LogP contribution < -0.4 is 0 Å². The molecule has 0 saturated carbocycles. The molecule has 1 aliphatic heterocycles. The molecule has 0 bridgehead atoms. The number of hydrogen-bond donors (Lipinski definition) is 2. The van der Waals surface area contributed by atoms with Crippen molar-refractivity contribution in [2.45, 2.75) is 19.1 Å². The van der Waals surface area contributed by atoms with Gasteiger partial charge < -0.3 is 9.88 Å². The molecule has 1 amide bonds. The number of hydrogen-bond acceptors (Lipinski definition) is 2. The quantitative estimate of drug-likeness (QED) is 0.718. The van der Waals surface area contributed by atoms with E-state index in [9.17, 15) is 18.0 Å². The predicted octanol–water partition coefficient (Wildman–Crippen LogP) is 3.11. The summed E-state index contributed by atoms with van der Waals surface area (Å²) in [4.78, 5) is 17.3. The van der Waals surface area contributed by atoms with E-state index in [0.29, 0.717) is 24.2 Å². The van der Waals surface area contributed by atoms with Crippen LogP contribution in [0.4, 0.5) is 13.2 Å². The maximum Gasteiger partial charge on any atom is 0.435 e. The van der Waals surface area contributed by atoms with Crippen molar-refractivity contribution in [3.63, 3.8) is 0 Å². The monoisotopic (exact) mass is 334 g/mol. The van der Waals surface area contributed by atoms with E-state index in [-0.39, 0.29) is 18.0 Å². The Labute approximate surface area is 134 Å². The van der Waals surface area contributed by atoms with Gasteiger partial charge in [0.1, 0.15) is 0 Å². The second kappa shape index (κ2) is 5.12. The van der Waals surface area contributed by atoms with Crippen LogP contribution in [0, 0.1) is 0 Å². The highest BCUT2D eigenvalue weighted by Crippen LogP contribution is 2.34. The van der Waals surface area contributed by atoms with Gasteiger partial charge in [0.05, 0.1) is 0 Å². The van der Waals surface area contributed by atoms with Gasteiger partial charge >= 0.3 is 6.18 Å². The summed E-state index contributed by atoms with van der Waals surface area (Å²) in [6.07, 6.45) is -2.47. The number of aromatic amines is 2. The number of nitrogens with zero attached hydrogens (tertiary/aromatic N) is 2. The first kappa shape index (κ1) is 14.8. The number of rotatable bonds is 1. The van der Waals surface area contributed by atoms with E-state index in [4.69, 9.17) is 0 Å². The van der Waals surface area contributed by atoms with Crippen molar-refractivity contribution in [1.82, 2.24) is 20.1 Å². The normalized spacial score (nSPS) is 14.9. The molecule has 0 unspecified atom stereocenters. The average Bonchev–Trinajstić information content (AvgIpc) is 3.18. The molecule has 8 heteroatoms. The number of amides is 1. The molecule has 2 N–H and O–H groups in total. The Morgan fingerprint density at radius 2 is 2.08 bits per heavy atom. The summed E-state index contributed by atoms with van der Waals surface area (Å²) >= 11 is 0. The first-order valence-electron chi connectivity index (χ1n) is 7.44. The zero-order valence-corrected chi connectivity index (χ0v) is 12.4. The van der Waals surface area contributed by atoms with Crippen molar-refractivity contribution in [3.8, 4) is 0 Å². The lowest BCUT2D eigenvalue weighted by Gasteiger charge is -2.27. The highest BCUT2D eigenvalue weighted by atomic mass is 19.4. The number of halogens is 3. The molecular weight excluding hydrogens is 321 g/mol. The highest BCUT2D eigenvalue weighted by molar-refractivity contribution is 6.06. The van der Waals surface area contributed by atoms with Crippen LogP contribution in [0.15, 0.2) is 30.5 Å². The standard InChI is InChI=1S/C16H13F3N4O/c17-16(18,19)14-11-8-23(7-5-13(11)21-22-14)15(24)10-2-1-3-12-9(10)4-6-20-12/h1-4,6,20H,5,7-8H2,(H,21,22). The summed E-state index contributed by atoms with van der Waals surface area (Å²) in [5.41, 5.74) is 0.872. The molecule has 0 radical (unpaired) electrons. The second-order valence-corrected chi connectivity index (χ2v) is 5.75. The molecule has 4 rings (SSSR count). The number of carbonyl (C=O) groups is 1. The van der Waals surface area contributed by atoms with E-state index in [2.05, 4.69) is 15.2 Å². The van der Waals surface area contributed by atoms with Gasteiger partial charge in [-0.25, -0.2) is 0 Å². The first-order chi connectivity index (χ1) is 11.4. The molecule has 0 spiro atoms. The fourth-order valence-electron chi connectivity index (χ4n) is 3.15. The fourth-order valence-corrected chi connectivity index (χ4v) is 3.15. The van der Waals surface area contributed by atoms with Crippen LogP contribution in [0.25, 0.3) is 10.9 Å². The van der Waals surface area contributed by atoms with E-state index in [1.807, 2.05) is 6.07 Å². The molecule has 1 aliphatic rings.